The fourth-order valence-corrected chi connectivity index (χ4v) is 1.24. The molecule has 0 saturated carbocycles. The average Bonchev–Trinajstić information content (AvgIpc) is 1.88. The fraction of sp³-hybridized carbons (Fsp3) is 0.167. The van der Waals surface area contributed by atoms with E-state index in [0.717, 1.165) is 0 Å². The van der Waals surface area contributed by atoms with Crippen LogP contribution in [0.15, 0.2) is 29.4 Å². The number of nitrogens with one attached hydrogen (secondary N) is 1. The maximum atomic E-state index is 11.0. The predicted octanol–water partition coefficient (Wildman–Crippen LogP) is 1.12. The zero-order chi connectivity index (χ0) is 7.61. The van der Waals surface area contributed by atoms with Gasteiger partial charge in [-0.2, -0.15) is 0 Å². The molecule has 1 atom stereocenters. The smallest absolute Gasteiger partial charge is 0.0697 e. The standard InChI is InChI=1S/C6H8N2OS/c1-10(7,9)6-2-4-8-5-3-6/h2-5,7H,1H3/t10-/m1/s1. The van der Waals surface area contributed by atoms with Gasteiger partial charge in [0.15, 0.2) is 0 Å². The van der Waals surface area contributed by atoms with Crippen molar-refractivity contribution in [1.82, 2.24) is 4.98 Å². The van der Waals surface area contributed by atoms with Gasteiger partial charge in [-0.3, -0.25) is 4.98 Å². The third-order valence-corrected chi connectivity index (χ3v) is 2.27. The molecule has 0 unspecified atom stereocenters. The molecule has 0 aromatic carbocycles. The van der Waals surface area contributed by atoms with Gasteiger partial charge in [-0.1, -0.05) is 0 Å². The fourth-order valence-electron chi connectivity index (χ4n) is 0.598. The molecule has 0 saturated heterocycles. The van der Waals surface area contributed by atoms with E-state index in [1.54, 1.807) is 12.1 Å². The van der Waals surface area contributed by atoms with E-state index in [1.807, 2.05) is 0 Å². The van der Waals surface area contributed by atoms with Crippen molar-refractivity contribution >= 4 is 9.73 Å². The summed E-state index contributed by atoms with van der Waals surface area (Å²) in [7, 11) is -2.54. The molecule has 0 bridgehead atoms. The van der Waals surface area contributed by atoms with Gasteiger partial charge in [0.1, 0.15) is 0 Å². The van der Waals surface area contributed by atoms with Crippen molar-refractivity contribution < 1.29 is 4.21 Å². The van der Waals surface area contributed by atoms with Gasteiger partial charge in [0.2, 0.25) is 0 Å². The second-order valence-electron chi connectivity index (χ2n) is 2.03. The summed E-state index contributed by atoms with van der Waals surface area (Å²) in [6.45, 7) is 0. The van der Waals surface area contributed by atoms with E-state index in [4.69, 9.17) is 4.78 Å². The molecule has 54 valence electrons. The Kier molecular flexibility index (Phi) is 1.72. The van der Waals surface area contributed by atoms with Crippen molar-refractivity contribution in [1.29, 1.82) is 4.78 Å². The van der Waals surface area contributed by atoms with Crippen LogP contribution < -0.4 is 0 Å². The number of hydrogen-bond donors (Lipinski definition) is 1. The van der Waals surface area contributed by atoms with Crippen molar-refractivity contribution in [2.24, 2.45) is 0 Å². The number of rotatable bonds is 1. The van der Waals surface area contributed by atoms with Gasteiger partial charge in [-0.15, -0.1) is 0 Å². The number of pyridine rings is 1. The molecule has 4 heteroatoms. The van der Waals surface area contributed by atoms with E-state index in [0.29, 0.717) is 4.90 Å². The summed E-state index contributed by atoms with van der Waals surface area (Å²) in [6.07, 6.45) is 4.46. The Hall–Kier alpha value is -0.900. The Morgan fingerprint density at radius 3 is 2.30 bits per heavy atom. The molecule has 1 rings (SSSR count). The summed E-state index contributed by atoms with van der Waals surface area (Å²) >= 11 is 0. The summed E-state index contributed by atoms with van der Waals surface area (Å²) in [5.41, 5.74) is 0. The van der Waals surface area contributed by atoms with Crippen molar-refractivity contribution in [3.8, 4) is 0 Å². The highest BCUT2D eigenvalue weighted by molar-refractivity contribution is 7.91. The topological polar surface area (TPSA) is 53.8 Å². The zero-order valence-corrected chi connectivity index (χ0v) is 6.39. The second kappa shape index (κ2) is 2.38. The van der Waals surface area contributed by atoms with Gasteiger partial charge in [0.25, 0.3) is 0 Å². The first-order chi connectivity index (χ1) is 4.61. The Bertz CT molecular complexity index is 304. The largest absolute Gasteiger partial charge is 0.265 e. The summed E-state index contributed by atoms with van der Waals surface area (Å²) in [6, 6.07) is 3.19. The van der Waals surface area contributed by atoms with Gasteiger partial charge in [0.05, 0.1) is 9.73 Å². The third kappa shape index (κ3) is 1.54. The lowest BCUT2D eigenvalue weighted by Crippen LogP contribution is -1.93. The van der Waals surface area contributed by atoms with Crippen molar-refractivity contribution in [3.63, 3.8) is 0 Å². The molecule has 10 heavy (non-hydrogen) atoms. The van der Waals surface area contributed by atoms with Crippen molar-refractivity contribution in [2.45, 2.75) is 4.90 Å². The lowest BCUT2D eigenvalue weighted by molar-refractivity contribution is 0.679. The molecular weight excluding hydrogens is 148 g/mol. The number of aromatic nitrogens is 1. The minimum atomic E-state index is -2.54. The summed E-state index contributed by atoms with van der Waals surface area (Å²) in [5, 5.41) is 0. The van der Waals surface area contributed by atoms with E-state index >= 15 is 0 Å². The normalized spacial score (nSPS) is 16.1. The Labute approximate surface area is 60.1 Å². The second-order valence-corrected chi connectivity index (χ2v) is 4.19. The minimum absolute atomic E-state index is 0.530. The highest BCUT2D eigenvalue weighted by Gasteiger charge is 1.99. The summed E-state index contributed by atoms with van der Waals surface area (Å²) in [4.78, 5) is 4.28. The lowest BCUT2D eigenvalue weighted by Gasteiger charge is -1.96. The van der Waals surface area contributed by atoms with Crippen LogP contribution in [0.3, 0.4) is 0 Å². The average molecular weight is 156 g/mol. The maximum Gasteiger partial charge on any atom is 0.0697 e. The molecule has 0 aliphatic heterocycles. The number of nitrogens with zero attached hydrogens (tertiary/aromatic N) is 1. The van der Waals surface area contributed by atoms with Crippen LogP contribution in [-0.4, -0.2) is 15.4 Å². The van der Waals surface area contributed by atoms with Gasteiger partial charge in [0, 0.05) is 23.5 Å². The van der Waals surface area contributed by atoms with Crippen LogP contribution >= 0.6 is 0 Å². The van der Waals surface area contributed by atoms with Crippen LogP contribution in [-0.2, 0) is 9.73 Å². The summed E-state index contributed by atoms with van der Waals surface area (Å²) < 4.78 is 18.2. The Balaban J connectivity index is 3.22. The maximum absolute atomic E-state index is 11.0. The monoisotopic (exact) mass is 156 g/mol. The van der Waals surface area contributed by atoms with Crippen LogP contribution in [0.4, 0.5) is 0 Å². The molecule has 1 aromatic rings. The molecule has 3 nitrogen and oxygen atoms in total. The van der Waals surface area contributed by atoms with Gasteiger partial charge < -0.3 is 0 Å². The first kappa shape index (κ1) is 7.21. The Morgan fingerprint density at radius 1 is 1.50 bits per heavy atom. The molecule has 0 spiro atoms. The highest BCUT2D eigenvalue weighted by atomic mass is 32.2. The van der Waals surface area contributed by atoms with E-state index in [9.17, 15) is 4.21 Å². The van der Waals surface area contributed by atoms with Crippen molar-refractivity contribution in [2.75, 3.05) is 6.26 Å². The molecule has 0 aliphatic carbocycles. The molecule has 1 N–H and O–H groups in total. The molecule has 0 aliphatic rings. The van der Waals surface area contributed by atoms with Crippen LogP contribution in [0.1, 0.15) is 0 Å². The molecule has 1 aromatic heterocycles. The number of hydrogen-bond acceptors (Lipinski definition) is 3. The highest BCUT2D eigenvalue weighted by Crippen LogP contribution is 2.05. The first-order valence-electron chi connectivity index (χ1n) is 2.74. The van der Waals surface area contributed by atoms with E-state index in [2.05, 4.69) is 4.98 Å². The van der Waals surface area contributed by atoms with Crippen LogP contribution in [0.5, 0.6) is 0 Å². The van der Waals surface area contributed by atoms with Gasteiger partial charge >= 0.3 is 0 Å². The third-order valence-electron chi connectivity index (χ3n) is 1.10. The molecule has 0 fully saturated rings. The Morgan fingerprint density at radius 2 is 2.00 bits per heavy atom. The van der Waals surface area contributed by atoms with E-state index < -0.39 is 9.73 Å². The molecule has 1 heterocycles. The van der Waals surface area contributed by atoms with Crippen molar-refractivity contribution in [3.05, 3.63) is 24.5 Å². The summed E-state index contributed by atoms with van der Waals surface area (Å²) in [5.74, 6) is 0. The van der Waals surface area contributed by atoms with Gasteiger partial charge in [-0.05, 0) is 12.1 Å². The lowest BCUT2D eigenvalue weighted by atomic mass is 10.5. The molecular formula is C6H8N2OS. The molecule has 0 radical (unpaired) electrons. The minimum Gasteiger partial charge on any atom is -0.265 e. The van der Waals surface area contributed by atoms with Crippen LogP contribution in [0.25, 0.3) is 0 Å². The quantitative estimate of drug-likeness (QED) is 0.662. The van der Waals surface area contributed by atoms with Gasteiger partial charge in [-0.25, -0.2) is 8.99 Å². The predicted molar refractivity (Wildman–Crippen MR) is 39.3 cm³/mol. The van der Waals surface area contributed by atoms with Crippen LogP contribution in [0.2, 0.25) is 0 Å². The molecule has 0 amide bonds. The van der Waals surface area contributed by atoms with Crippen LogP contribution in [0, 0.1) is 4.78 Å². The zero-order valence-electron chi connectivity index (χ0n) is 5.57. The first-order valence-corrected chi connectivity index (χ1v) is 4.71. The SMILES string of the molecule is C[S@@](=N)(=O)c1ccncc1. The van der Waals surface area contributed by atoms with E-state index in [-0.39, 0.29) is 0 Å². The van der Waals surface area contributed by atoms with E-state index in [1.165, 1.54) is 18.6 Å².